The fourth-order valence-electron chi connectivity index (χ4n) is 1.63. The van der Waals surface area contributed by atoms with E-state index < -0.39 is 0 Å². The van der Waals surface area contributed by atoms with Crippen molar-refractivity contribution in [2.24, 2.45) is 0 Å². The number of hydrogen-bond donors (Lipinski definition) is 0. The minimum Gasteiger partial charge on any atom is -0.261 e. The highest BCUT2D eigenvalue weighted by molar-refractivity contribution is 6.22. The topological polar surface area (TPSA) is 12.9 Å². The molecule has 1 heterocycles. The van der Waals surface area contributed by atoms with E-state index in [1.807, 2.05) is 18.3 Å². The van der Waals surface area contributed by atoms with Crippen LogP contribution < -0.4 is 0 Å². The van der Waals surface area contributed by atoms with E-state index in [0.717, 1.165) is 25.0 Å². The van der Waals surface area contributed by atoms with Crippen LogP contribution in [0, 0.1) is 0 Å². The maximum Gasteiger partial charge on any atom is 0.0521 e. The second-order valence-corrected chi connectivity index (χ2v) is 3.94. The standard InChI is InChI=1S/C11H12ClN/c12-10-5-4-9(7-10)8-11-3-1-2-6-13-11/h1-3,6-7,10H,4-5,8H2. The number of halogens is 1. The number of rotatable bonds is 2. The summed E-state index contributed by atoms with van der Waals surface area (Å²) in [4.78, 5) is 4.28. The van der Waals surface area contributed by atoms with E-state index in [-0.39, 0.29) is 5.38 Å². The Morgan fingerprint density at radius 1 is 1.46 bits per heavy atom. The molecule has 0 aliphatic heterocycles. The SMILES string of the molecule is ClC1C=C(Cc2ccccn2)CC1. The van der Waals surface area contributed by atoms with E-state index in [1.165, 1.54) is 5.57 Å². The largest absolute Gasteiger partial charge is 0.261 e. The summed E-state index contributed by atoms with van der Waals surface area (Å²) in [5.74, 6) is 0. The molecule has 0 radical (unpaired) electrons. The monoisotopic (exact) mass is 193 g/mol. The van der Waals surface area contributed by atoms with Crippen LogP contribution in [0.4, 0.5) is 0 Å². The zero-order chi connectivity index (χ0) is 9.10. The Kier molecular flexibility index (Phi) is 2.65. The summed E-state index contributed by atoms with van der Waals surface area (Å²) in [5, 5.41) is 0.249. The van der Waals surface area contributed by atoms with Crippen molar-refractivity contribution in [2.75, 3.05) is 0 Å². The van der Waals surface area contributed by atoms with Gasteiger partial charge in [-0.2, -0.15) is 0 Å². The van der Waals surface area contributed by atoms with Crippen LogP contribution in [0.1, 0.15) is 18.5 Å². The van der Waals surface area contributed by atoms with Gasteiger partial charge in [-0.25, -0.2) is 0 Å². The summed E-state index contributed by atoms with van der Waals surface area (Å²) < 4.78 is 0. The van der Waals surface area contributed by atoms with Crippen molar-refractivity contribution in [1.82, 2.24) is 4.98 Å². The zero-order valence-corrected chi connectivity index (χ0v) is 8.17. The van der Waals surface area contributed by atoms with Crippen LogP contribution in [-0.2, 0) is 6.42 Å². The zero-order valence-electron chi connectivity index (χ0n) is 7.41. The molecular formula is C11H12ClN. The van der Waals surface area contributed by atoms with Gasteiger partial charge in [-0.05, 0) is 25.0 Å². The van der Waals surface area contributed by atoms with Crippen molar-refractivity contribution >= 4 is 11.6 Å². The highest BCUT2D eigenvalue weighted by Crippen LogP contribution is 2.24. The molecule has 13 heavy (non-hydrogen) atoms. The third kappa shape index (κ3) is 2.31. The van der Waals surface area contributed by atoms with Crippen molar-refractivity contribution in [1.29, 1.82) is 0 Å². The summed E-state index contributed by atoms with van der Waals surface area (Å²) in [6.45, 7) is 0. The molecule has 1 unspecified atom stereocenters. The van der Waals surface area contributed by atoms with Crippen molar-refractivity contribution in [3.05, 3.63) is 41.7 Å². The molecule has 0 spiro atoms. The molecule has 0 saturated heterocycles. The molecule has 1 atom stereocenters. The van der Waals surface area contributed by atoms with Crippen LogP contribution in [0.15, 0.2) is 36.0 Å². The van der Waals surface area contributed by atoms with Gasteiger partial charge in [-0.1, -0.05) is 17.7 Å². The van der Waals surface area contributed by atoms with Crippen molar-refractivity contribution in [3.8, 4) is 0 Å². The Balaban J connectivity index is 2.03. The first-order valence-corrected chi connectivity index (χ1v) is 5.02. The summed E-state index contributed by atoms with van der Waals surface area (Å²) >= 11 is 5.98. The Bertz CT molecular complexity index is 305. The second-order valence-electron chi connectivity index (χ2n) is 3.38. The predicted octanol–water partition coefficient (Wildman–Crippen LogP) is 2.95. The first-order chi connectivity index (χ1) is 6.34. The molecule has 1 aliphatic rings. The van der Waals surface area contributed by atoms with Gasteiger partial charge in [0.15, 0.2) is 0 Å². The van der Waals surface area contributed by atoms with Crippen LogP contribution in [0.2, 0.25) is 0 Å². The molecule has 2 heteroatoms. The average molecular weight is 194 g/mol. The third-order valence-electron chi connectivity index (χ3n) is 2.29. The van der Waals surface area contributed by atoms with E-state index >= 15 is 0 Å². The van der Waals surface area contributed by atoms with E-state index in [1.54, 1.807) is 0 Å². The molecule has 0 aromatic carbocycles. The minimum atomic E-state index is 0.249. The first-order valence-electron chi connectivity index (χ1n) is 4.58. The number of nitrogens with zero attached hydrogens (tertiary/aromatic N) is 1. The molecule has 1 aliphatic carbocycles. The van der Waals surface area contributed by atoms with E-state index in [2.05, 4.69) is 17.1 Å². The molecular weight excluding hydrogens is 182 g/mol. The lowest BCUT2D eigenvalue weighted by Gasteiger charge is -1.99. The van der Waals surface area contributed by atoms with Gasteiger partial charge in [-0.15, -0.1) is 11.6 Å². The number of hydrogen-bond acceptors (Lipinski definition) is 1. The molecule has 0 amide bonds. The number of allylic oxidation sites excluding steroid dienone is 2. The van der Waals surface area contributed by atoms with Gasteiger partial charge < -0.3 is 0 Å². The number of alkyl halides is 1. The van der Waals surface area contributed by atoms with Crippen LogP contribution in [0.3, 0.4) is 0 Å². The average Bonchev–Trinajstić information content (AvgIpc) is 2.53. The predicted molar refractivity (Wildman–Crippen MR) is 54.9 cm³/mol. The lowest BCUT2D eigenvalue weighted by atomic mass is 10.1. The Hall–Kier alpha value is -0.820. The normalized spacial score (nSPS) is 21.6. The summed E-state index contributed by atoms with van der Waals surface area (Å²) in [7, 11) is 0. The fourth-order valence-corrected chi connectivity index (χ4v) is 1.92. The van der Waals surface area contributed by atoms with Crippen molar-refractivity contribution in [2.45, 2.75) is 24.6 Å². The molecule has 1 aromatic heterocycles. The minimum absolute atomic E-state index is 0.249. The maximum atomic E-state index is 5.98. The Morgan fingerprint density at radius 2 is 2.38 bits per heavy atom. The van der Waals surface area contributed by atoms with Crippen molar-refractivity contribution < 1.29 is 0 Å². The van der Waals surface area contributed by atoms with Gasteiger partial charge >= 0.3 is 0 Å². The van der Waals surface area contributed by atoms with E-state index in [0.29, 0.717) is 0 Å². The molecule has 2 rings (SSSR count). The Labute approximate surface area is 83.4 Å². The van der Waals surface area contributed by atoms with Gasteiger partial charge in [0.2, 0.25) is 0 Å². The second kappa shape index (κ2) is 3.93. The number of aromatic nitrogens is 1. The lowest BCUT2D eigenvalue weighted by molar-refractivity contribution is 0.883. The fraction of sp³-hybridized carbons (Fsp3) is 0.364. The van der Waals surface area contributed by atoms with Crippen LogP contribution in [0.25, 0.3) is 0 Å². The molecule has 1 aromatic rings. The first kappa shape index (κ1) is 8.76. The highest BCUT2D eigenvalue weighted by Gasteiger charge is 2.13. The van der Waals surface area contributed by atoms with Gasteiger partial charge in [0, 0.05) is 18.3 Å². The maximum absolute atomic E-state index is 5.98. The lowest BCUT2D eigenvalue weighted by Crippen LogP contribution is -1.90. The van der Waals surface area contributed by atoms with E-state index in [9.17, 15) is 0 Å². The van der Waals surface area contributed by atoms with Gasteiger partial charge in [0.25, 0.3) is 0 Å². The summed E-state index contributed by atoms with van der Waals surface area (Å²) in [6, 6.07) is 6.02. The molecule has 0 N–H and O–H groups in total. The molecule has 68 valence electrons. The highest BCUT2D eigenvalue weighted by atomic mass is 35.5. The number of pyridine rings is 1. The smallest absolute Gasteiger partial charge is 0.0521 e. The quantitative estimate of drug-likeness (QED) is 0.520. The third-order valence-corrected chi connectivity index (χ3v) is 2.64. The summed E-state index contributed by atoms with van der Waals surface area (Å²) in [6.07, 6.45) is 7.18. The van der Waals surface area contributed by atoms with Crippen molar-refractivity contribution in [3.63, 3.8) is 0 Å². The van der Waals surface area contributed by atoms with Gasteiger partial charge in [-0.3, -0.25) is 4.98 Å². The molecule has 1 nitrogen and oxygen atoms in total. The van der Waals surface area contributed by atoms with Crippen LogP contribution in [-0.4, -0.2) is 10.4 Å². The molecule has 0 saturated carbocycles. The van der Waals surface area contributed by atoms with E-state index in [4.69, 9.17) is 11.6 Å². The van der Waals surface area contributed by atoms with Crippen LogP contribution in [0.5, 0.6) is 0 Å². The van der Waals surface area contributed by atoms with Gasteiger partial charge in [0.1, 0.15) is 0 Å². The van der Waals surface area contributed by atoms with Gasteiger partial charge in [0.05, 0.1) is 5.38 Å². The van der Waals surface area contributed by atoms with Crippen LogP contribution >= 0.6 is 11.6 Å². The summed E-state index contributed by atoms with van der Waals surface area (Å²) in [5.41, 5.74) is 2.57. The molecule has 0 bridgehead atoms. The molecule has 0 fully saturated rings. The Morgan fingerprint density at radius 3 is 3.00 bits per heavy atom.